The smallest absolute Gasteiger partial charge is 0.490 e. The highest BCUT2D eigenvalue weighted by Gasteiger charge is 2.44. The molecule has 11 nitrogen and oxygen atoms in total. The second-order valence-corrected chi connectivity index (χ2v) is 10.2. The summed E-state index contributed by atoms with van der Waals surface area (Å²) >= 11 is 0. The number of carbonyl (C=O) groups excluding carboxylic acids is 3. The molecule has 3 rings (SSSR count). The highest BCUT2D eigenvalue weighted by atomic mass is 19.4. The summed E-state index contributed by atoms with van der Waals surface area (Å²) in [6.07, 6.45) is -10.7. The molecule has 2 aromatic carbocycles. The van der Waals surface area contributed by atoms with E-state index >= 15 is 0 Å². The highest BCUT2D eigenvalue weighted by Crippen LogP contribution is 2.38. The van der Waals surface area contributed by atoms with Gasteiger partial charge in [0.2, 0.25) is 0 Å². The molecule has 1 amide bonds. The van der Waals surface area contributed by atoms with Crippen molar-refractivity contribution in [2.75, 3.05) is 25.1 Å². The van der Waals surface area contributed by atoms with E-state index in [1.54, 1.807) is 51.1 Å². The molecule has 262 valence electrons. The molecule has 0 fully saturated rings. The van der Waals surface area contributed by atoms with Gasteiger partial charge in [-0.2, -0.15) is 26.3 Å². The number of pyridine rings is 1. The van der Waals surface area contributed by atoms with Crippen LogP contribution in [-0.2, 0) is 32.0 Å². The maximum Gasteiger partial charge on any atom is 0.490 e. The molecule has 0 unspecified atom stereocenters. The summed E-state index contributed by atoms with van der Waals surface area (Å²) < 4.78 is 96.8. The van der Waals surface area contributed by atoms with Crippen LogP contribution in [0.3, 0.4) is 0 Å². The molecule has 1 aromatic heterocycles. The zero-order valence-corrected chi connectivity index (χ0v) is 26.3. The van der Waals surface area contributed by atoms with Gasteiger partial charge in [-0.1, -0.05) is 19.1 Å². The van der Waals surface area contributed by atoms with E-state index in [-0.39, 0.29) is 12.1 Å². The van der Waals surface area contributed by atoms with E-state index in [0.29, 0.717) is 64.5 Å². The third-order valence-electron chi connectivity index (χ3n) is 6.96. The van der Waals surface area contributed by atoms with E-state index in [0.717, 1.165) is 6.92 Å². The van der Waals surface area contributed by atoms with Gasteiger partial charge >= 0.3 is 24.3 Å². The van der Waals surface area contributed by atoms with Crippen LogP contribution in [-0.4, -0.2) is 67.1 Å². The Hall–Kier alpha value is -4.80. The number of ether oxygens (including phenoxy) is 4. The van der Waals surface area contributed by atoms with Crippen LogP contribution in [0.15, 0.2) is 36.5 Å². The highest BCUT2D eigenvalue weighted by molar-refractivity contribution is 6.08. The molecule has 17 heteroatoms. The quantitative estimate of drug-likeness (QED) is 0.138. The van der Waals surface area contributed by atoms with Crippen LogP contribution in [0.4, 0.5) is 37.7 Å². The van der Waals surface area contributed by atoms with Crippen LogP contribution >= 0.6 is 0 Å². The molecule has 0 spiro atoms. The molecule has 2 atom stereocenters. The first-order chi connectivity index (χ1) is 22.5. The molecule has 3 aromatic rings. The number of halogens is 6. The zero-order valence-electron chi connectivity index (χ0n) is 26.3. The van der Waals surface area contributed by atoms with Gasteiger partial charge in [-0.3, -0.25) is 9.78 Å². The van der Waals surface area contributed by atoms with Crippen molar-refractivity contribution in [1.29, 1.82) is 0 Å². The maximum atomic E-state index is 12.8. The molecule has 0 aliphatic heterocycles. The molecule has 0 aliphatic carbocycles. The molecular formula is C31H34F6N4O7. The molecule has 0 saturated heterocycles. The number of benzene rings is 2. The monoisotopic (exact) mass is 688 g/mol. The standard InChI is InChI=1S/C31H34F6N4O7/c1-5-18-17(13-39-23(15-47-28(43)30(32,33)34)16(4)48-29(44)31(35,36)37)9-8-10-21(18)41-26-19-11-24(45-6-2)25(46-7-3)12-22(19)40-14-20(26)27(38)42/h8-12,14,16,23,39H,5-7,13,15H2,1-4H3,(H2,38,42)(H,40,41)/t16-,23+/m1/s1. The minimum atomic E-state index is -5.37. The summed E-state index contributed by atoms with van der Waals surface area (Å²) in [7, 11) is 0. The summed E-state index contributed by atoms with van der Waals surface area (Å²) in [5.41, 5.74) is 8.11. The first kappa shape index (κ1) is 37.7. The Morgan fingerprint density at radius 1 is 0.938 bits per heavy atom. The van der Waals surface area contributed by atoms with Crippen LogP contribution < -0.4 is 25.8 Å². The number of alkyl halides is 6. The fraction of sp³-hybridized carbons (Fsp3) is 0.419. The number of amides is 1. The molecule has 0 saturated carbocycles. The lowest BCUT2D eigenvalue weighted by atomic mass is 10.0. The summed E-state index contributed by atoms with van der Waals surface area (Å²) in [6.45, 7) is 5.82. The number of aromatic nitrogens is 1. The van der Waals surface area contributed by atoms with Crippen LogP contribution in [0.2, 0.25) is 0 Å². The van der Waals surface area contributed by atoms with Crippen molar-refractivity contribution in [2.45, 2.75) is 65.2 Å². The first-order valence-corrected chi connectivity index (χ1v) is 14.7. The summed E-state index contributed by atoms with van der Waals surface area (Å²) in [5.74, 6) is -5.09. The lowest BCUT2D eigenvalue weighted by Gasteiger charge is -2.26. The van der Waals surface area contributed by atoms with Crippen molar-refractivity contribution in [2.24, 2.45) is 5.73 Å². The number of anilines is 2. The third-order valence-corrected chi connectivity index (χ3v) is 6.96. The van der Waals surface area contributed by atoms with Gasteiger partial charge in [0.25, 0.3) is 5.91 Å². The van der Waals surface area contributed by atoms with Crippen LogP contribution in [0.1, 0.15) is 49.2 Å². The number of rotatable bonds is 15. The number of nitrogens with zero attached hydrogens (tertiary/aromatic N) is 1. The Kier molecular flexibility index (Phi) is 12.4. The Morgan fingerprint density at radius 3 is 2.12 bits per heavy atom. The topological polar surface area (TPSA) is 151 Å². The number of esters is 2. The molecule has 0 bridgehead atoms. The Labute approximate surface area is 271 Å². The zero-order chi connectivity index (χ0) is 35.8. The Bertz CT molecular complexity index is 1630. The molecule has 0 radical (unpaired) electrons. The number of fused-ring (bicyclic) bond motifs is 1. The van der Waals surface area contributed by atoms with Crippen molar-refractivity contribution in [3.63, 3.8) is 0 Å². The second-order valence-electron chi connectivity index (χ2n) is 10.2. The number of hydrogen-bond acceptors (Lipinski definition) is 10. The van der Waals surface area contributed by atoms with Gasteiger partial charge in [0.05, 0.1) is 36.0 Å². The van der Waals surface area contributed by atoms with Crippen LogP contribution in [0.25, 0.3) is 10.9 Å². The van der Waals surface area contributed by atoms with Crippen molar-refractivity contribution >= 4 is 40.1 Å². The van der Waals surface area contributed by atoms with Crippen molar-refractivity contribution in [3.8, 4) is 11.5 Å². The molecular weight excluding hydrogens is 654 g/mol. The van der Waals surface area contributed by atoms with Crippen molar-refractivity contribution in [3.05, 3.63) is 53.2 Å². The van der Waals surface area contributed by atoms with Gasteiger partial charge in [-0.05, 0) is 50.5 Å². The minimum absolute atomic E-state index is 0.0477. The average Bonchev–Trinajstić information content (AvgIpc) is 3.00. The van der Waals surface area contributed by atoms with Crippen LogP contribution in [0, 0.1) is 0 Å². The van der Waals surface area contributed by atoms with E-state index in [2.05, 4.69) is 25.1 Å². The Morgan fingerprint density at radius 2 is 1.56 bits per heavy atom. The van der Waals surface area contributed by atoms with Gasteiger partial charge in [0, 0.05) is 29.9 Å². The normalized spacial score (nSPS) is 13.0. The minimum Gasteiger partial charge on any atom is -0.490 e. The van der Waals surface area contributed by atoms with Gasteiger partial charge in [-0.15, -0.1) is 0 Å². The fourth-order valence-electron chi connectivity index (χ4n) is 4.69. The van der Waals surface area contributed by atoms with E-state index in [1.165, 1.54) is 6.20 Å². The van der Waals surface area contributed by atoms with Gasteiger partial charge in [0.1, 0.15) is 12.7 Å². The van der Waals surface area contributed by atoms with Crippen LogP contribution in [0.5, 0.6) is 11.5 Å². The molecule has 48 heavy (non-hydrogen) atoms. The maximum absolute atomic E-state index is 12.8. The first-order valence-electron chi connectivity index (χ1n) is 14.7. The third kappa shape index (κ3) is 9.39. The lowest BCUT2D eigenvalue weighted by molar-refractivity contribution is -0.208. The van der Waals surface area contributed by atoms with E-state index < -0.39 is 49.0 Å². The Balaban J connectivity index is 2.00. The van der Waals surface area contributed by atoms with E-state index in [4.69, 9.17) is 15.2 Å². The SMILES string of the molecule is CCOc1cc2ncc(C(N)=O)c(Nc3cccc(CN[C@@H](COC(=O)C(F)(F)F)[C@@H](C)OC(=O)C(F)(F)F)c3CC)c2cc1OCC. The fourth-order valence-corrected chi connectivity index (χ4v) is 4.69. The average molecular weight is 689 g/mol. The lowest BCUT2D eigenvalue weighted by Crippen LogP contribution is -2.46. The summed E-state index contributed by atoms with van der Waals surface area (Å²) in [4.78, 5) is 39.6. The van der Waals surface area contributed by atoms with Gasteiger partial charge in [-0.25, -0.2) is 9.59 Å². The second kappa shape index (κ2) is 15.9. The van der Waals surface area contributed by atoms with Gasteiger partial charge in [0.15, 0.2) is 11.5 Å². The number of hydrogen-bond donors (Lipinski definition) is 3. The summed E-state index contributed by atoms with van der Waals surface area (Å²) in [6, 6.07) is 6.78. The molecule has 0 aliphatic rings. The van der Waals surface area contributed by atoms with Crippen molar-refractivity contribution < 1.29 is 59.7 Å². The number of primary amides is 1. The summed E-state index contributed by atoms with van der Waals surface area (Å²) in [5, 5.41) is 6.43. The van der Waals surface area contributed by atoms with E-state index in [9.17, 15) is 40.7 Å². The van der Waals surface area contributed by atoms with Crippen molar-refractivity contribution in [1.82, 2.24) is 10.3 Å². The van der Waals surface area contributed by atoms with Gasteiger partial charge < -0.3 is 35.3 Å². The molecule has 4 N–H and O–H groups in total. The predicted molar refractivity (Wildman–Crippen MR) is 161 cm³/mol. The largest absolute Gasteiger partial charge is 0.490 e. The van der Waals surface area contributed by atoms with E-state index in [1.807, 2.05) is 0 Å². The number of nitrogens with one attached hydrogen (secondary N) is 2. The predicted octanol–water partition coefficient (Wildman–Crippen LogP) is 5.49. The number of carbonyl (C=O) groups is 3. The molecule has 1 heterocycles. The number of nitrogens with two attached hydrogens (primary N) is 1.